The summed E-state index contributed by atoms with van der Waals surface area (Å²) in [7, 11) is 0. The van der Waals surface area contributed by atoms with Gasteiger partial charge in [-0.25, -0.2) is 4.39 Å². The molecule has 0 aromatic heterocycles. The van der Waals surface area contributed by atoms with E-state index in [1.165, 1.54) is 6.92 Å². The van der Waals surface area contributed by atoms with Gasteiger partial charge in [-0.05, 0) is 13.0 Å². The number of imide groups is 1. The number of nitrogens with zero attached hydrogens (tertiary/aromatic N) is 2. The second-order valence-corrected chi connectivity index (χ2v) is 4.48. The van der Waals surface area contributed by atoms with Crippen LogP contribution in [0.15, 0.2) is 18.2 Å². The number of nitrogens with one attached hydrogen (secondary N) is 1. The van der Waals surface area contributed by atoms with Crippen molar-refractivity contribution < 1.29 is 23.7 Å². The molecule has 1 aliphatic heterocycles. The molecule has 1 saturated heterocycles. The highest BCUT2D eigenvalue weighted by Gasteiger charge is 2.34. The predicted molar refractivity (Wildman–Crippen MR) is 66.7 cm³/mol. The summed E-state index contributed by atoms with van der Waals surface area (Å²) in [6, 6.07) is 1.46. The summed E-state index contributed by atoms with van der Waals surface area (Å²) in [6.45, 7) is 1.02. The Morgan fingerprint density at radius 2 is 2.10 bits per heavy atom. The Balaban J connectivity index is 2.37. The summed E-state index contributed by atoms with van der Waals surface area (Å²) in [4.78, 5) is 45.8. The first-order chi connectivity index (χ1) is 9.79. The number of benzene rings is 1. The number of piperazine rings is 1. The van der Waals surface area contributed by atoms with E-state index in [-0.39, 0.29) is 12.1 Å². The van der Waals surface area contributed by atoms with E-state index in [1.54, 1.807) is 0 Å². The smallest absolute Gasteiger partial charge is 0.273 e. The van der Waals surface area contributed by atoms with Crippen LogP contribution in [0.5, 0.6) is 0 Å². The van der Waals surface area contributed by atoms with Crippen molar-refractivity contribution in [1.82, 2.24) is 10.2 Å². The maximum atomic E-state index is 13.3. The van der Waals surface area contributed by atoms with Crippen molar-refractivity contribution in [2.75, 3.05) is 6.54 Å². The third kappa shape index (κ3) is 2.86. The molecule has 1 heterocycles. The summed E-state index contributed by atoms with van der Waals surface area (Å²) in [5.41, 5.74) is -0.880. The third-order valence-corrected chi connectivity index (χ3v) is 3.02. The molecule has 0 spiro atoms. The van der Waals surface area contributed by atoms with Crippen LogP contribution >= 0.6 is 0 Å². The second-order valence-electron chi connectivity index (χ2n) is 4.48. The number of hydrogen-bond donors (Lipinski definition) is 1. The molecule has 0 radical (unpaired) electrons. The predicted octanol–water partition coefficient (Wildman–Crippen LogP) is 0.221. The van der Waals surface area contributed by atoms with E-state index < -0.39 is 40.2 Å². The van der Waals surface area contributed by atoms with Gasteiger partial charge in [0.05, 0.1) is 11.0 Å². The minimum Gasteiger partial charge on any atom is -0.318 e. The van der Waals surface area contributed by atoms with Crippen molar-refractivity contribution >= 4 is 23.4 Å². The molecule has 1 aromatic carbocycles. The number of non-ortho nitro benzene ring substituents is 1. The first-order valence-electron chi connectivity index (χ1n) is 5.89. The van der Waals surface area contributed by atoms with Crippen molar-refractivity contribution in [1.29, 1.82) is 0 Å². The van der Waals surface area contributed by atoms with Crippen LogP contribution < -0.4 is 5.32 Å². The standard InChI is InChI=1S/C12H10FN3O5/c1-6-11(18)14-10(17)5-15(6)12(19)7-2-8(13)4-9(3-7)16(20)21/h2-4,6H,5H2,1H3,(H,14,17,18). The zero-order valence-corrected chi connectivity index (χ0v) is 10.8. The number of carbonyl (C=O) groups excluding carboxylic acids is 3. The Hall–Kier alpha value is -2.84. The van der Waals surface area contributed by atoms with Crippen molar-refractivity contribution in [2.45, 2.75) is 13.0 Å². The molecule has 9 heteroatoms. The zero-order chi connectivity index (χ0) is 15.7. The fraction of sp³-hybridized carbons (Fsp3) is 0.250. The molecule has 1 fully saturated rings. The van der Waals surface area contributed by atoms with Gasteiger partial charge >= 0.3 is 0 Å². The number of nitro benzene ring substituents is 1. The fourth-order valence-corrected chi connectivity index (χ4v) is 1.93. The molecular weight excluding hydrogens is 285 g/mol. The van der Waals surface area contributed by atoms with E-state index in [4.69, 9.17) is 0 Å². The van der Waals surface area contributed by atoms with E-state index >= 15 is 0 Å². The van der Waals surface area contributed by atoms with Gasteiger partial charge in [0.25, 0.3) is 11.6 Å². The lowest BCUT2D eigenvalue weighted by Crippen LogP contribution is -2.58. The maximum Gasteiger partial charge on any atom is 0.273 e. The quantitative estimate of drug-likeness (QED) is 0.477. The summed E-state index contributed by atoms with van der Waals surface area (Å²) in [5, 5.41) is 12.7. The second kappa shape index (κ2) is 5.27. The molecule has 0 bridgehead atoms. The van der Waals surface area contributed by atoms with Crippen LogP contribution in [0.3, 0.4) is 0 Å². The van der Waals surface area contributed by atoms with Crippen molar-refractivity contribution in [3.05, 3.63) is 39.7 Å². The molecule has 1 aliphatic rings. The molecule has 0 aliphatic carbocycles. The lowest BCUT2D eigenvalue weighted by Gasteiger charge is -2.31. The number of nitro groups is 1. The van der Waals surface area contributed by atoms with E-state index in [0.717, 1.165) is 17.0 Å². The SMILES string of the molecule is CC1C(=O)NC(=O)CN1C(=O)c1cc(F)cc([N+](=O)[O-])c1. The molecule has 3 amide bonds. The van der Waals surface area contributed by atoms with Gasteiger partial charge in [0, 0.05) is 11.6 Å². The van der Waals surface area contributed by atoms with Crippen LogP contribution in [-0.2, 0) is 9.59 Å². The van der Waals surface area contributed by atoms with Crippen LogP contribution in [0.4, 0.5) is 10.1 Å². The van der Waals surface area contributed by atoms with Gasteiger partial charge in [-0.2, -0.15) is 0 Å². The lowest BCUT2D eigenvalue weighted by atomic mass is 10.1. The van der Waals surface area contributed by atoms with E-state index in [9.17, 15) is 28.9 Å². The first-order valence-corrected chi connectivity index (χ1v) is 5.89. The van der Waals surface area contributed by atoms with Crippen LogP contribution in [0.25, 0.3) is 0 Å². The van der Waals surface area contributed by atoms with Gasteiger partial charge in [0.2, 0.25) is 11.8 Å². The van der Waals surface area contributed by atoms with Crippen LogP contribution in [-0.4, -0.2) is 40.1 Å². The van der Waals surface area contributed by atoms with Crippen LogP contribution in [0.1, 0.15) is 17.3 Å². The molecule has 8 nitrogen and oxygen atoms in total. The average molecular weight is 295 g/mol. The minimum absolute atomic E-state index is 0.295. The highest BCUT2D eigenvalue weighted by molar-refractivity contribution is 6.07. The Kier molecular flexibility index (Phi) is 3.66. The topological polar surface area (TPSA) is 110 Å². The van der Waals surface area contributed by atoms with E-state index in [0.29, 0.717) is 6.07 Å². The number of rotatable bonds is 2. The molecule has 1 N–H and O–H groups in total. The maximum absolute atomic E-state index is 13.3. The zero-order valence-electron chi connectivity index (χ0n) is 10.8. The molecular formula is C12H10FN3O5. The summed E-state index contributed by atoms with van der Waals surface area (Å²) in [6.07, 6.45) is 0. The van der Waals surface area contributed by atoms with E-state index in [1.807, 2.05) is 0 Å². The molecule has 2 rings (SSSR count). The molecule has 1 unspecified atom stereocenters. The number of halogens is 1. The normalized spacial score (nSPS) is 18.4. The lowest BCUT2D eigenvalue weighted by molar-refractivity contribution is -0.385. The average Bonchev–Trinajstić information content (AvgIpc) is 2.41. The summed E-state index contributed by atoms with van der Waals surface area (Å²) < 4.78 is 13.3. The van der Waals surface area contributed by atoms with Gasteiger partial charge in [-0.1, -0.05) is 0 Å². The van der Waals surface area contributed by atoms with Gasteiger partial charge in [-0.3, -0.25) is 29.8 Å². The van der Waals surface area contributed by atoms with Crippen molar-refractivity contribution in [3.8, 4) is 0 Å². The summed E-state index contributed by atoms with van der Waals surface area (Å²) in [5.74, 6) is -3.11. The van der Waals surface area contributed by atoms with Gasteiger partial charge in [0.1, 0.15) is 18.4 Å². The number of carbonyl (C=O) groups is 3. The van der Waals surface area contributed by atoms with Gasteiger partial charge in [0.15, 0.2) is 0 Å². The van der Waals surface area contributed by atoms with E-state index in [2.05, 4.69) is 5.32 Å². The highest BCUT2D eigenvalue weighted by atomic mass is 19.1. The highest BCUT2D eigenvalue weighted by Crippen LogP contribution is 2.19. The van der Waals surface area contributed by atoms with Crippen molar-refractivity contribution in [3.63, 3.8) is 0 Å². The first kappa shape index (κ1) is 14.6. The number of amides is 3. The monoisotopic (exact) mass is 295 g/mol. The van der Waals surface area contributed by atoms with Gasteiger partial charge in [-0.15, -0.1) is 0 Å². The third-order valence-electron chi connectivity index (χ3n) is 3.02. The Labute approximate surface area is 117 Å². The Morgan fingerprint density at radius 3 is 2.71 bits per heavy atom. The Morgan fingerprint density at radius 1 is 1.43 bits per heavy atom. The molecule has 21 heavy (non-hydrogen) atoms. The largest absolute Gasteiger partial charge is 0.318 e. The fourth-order valence-electron chi connectivity index (χ4n) is 1.93. The molecule has 1 aromatic rings. The van der Waals surface area contributed by atoms with Crippen molar-refractivity contribution in [2.24, 2.45) is 0 Å². The van der Waals surface area contributed by atoms with Gasteiger partial charge < -0.3 is 4.90 Å². The Bertz CT molecular complexity index is 660. The summed E-state index contributed by atoms with van der Waals surface area (Å²) >= 11 is 0. The minimum atomic E-state index is -0.951. The molecule has 1 atom stereocenters. The molecule has 110 valence electrons. The van der Waals surface area contributed by atoms with Crippen LogP contribution in [0.2, 0.25) is 0 Å². The number of hydrogen-bond acceptors (Lipinski definition) is 5. The molecule has 0 saturated carbocycles. The van der Waals surface area contributed by atoms with Crippen LogP contribution in [0, 0.1) is 15.9 Å².